The van der Waals surface area contributed by atoms with Crippen LogP contribution in [-0.4, -0.2) is 59.6 Å². The van der Waals surface area contributed by atoms with Crippen LogP contribution in [0, 0.1) is 5.92 Å². The maximum atomic E-state index is 13.9. The van der Waals surface area contributed by atoms with Gasteiger partial charge < -0.3 is 19.9 Å². The van der Waals surface area contributed by atoms with Gasteiger partial charge in [-0.15, -0.1) is 0 Å². The maximum Gasteiger partial charge on any atom is 0.281 e. The summed E-state index contributed by atoms with van der Waals surface area (Å²) in [6.45, 7) is 1.60. The van der Waals surface area contributed by atoms with Crippen molar-refractivity contribution < 1.29 is 23.1 Å². The number of rotatable bonds is 7. The molecule has 1 saturated carbocycles. The van der Waals surface area contributed by atoms with E-state index in [0.29, 0.717) is 44.2 Å². The topological polar surface area (TPSA) is 101 Å². The Morgan fingerprint density at radius 3 is 2.51 bits per heavy atom. The van der Waals surface area contributed by atoms with Crippen molar-refractivity contribution in [3.63, 3.8) is 0 Å². The van der Waals surface area contributed by atoms with Crippen molar-refractivity contribution in [1.29, 1.82) is 0 Å². The molecule has 2 aromatic heterocycles. The van der Waals surface area contributed by atoms with E-state index in [-0.39, 0.29) is 28.5 Å². The number of para-hydroxylation sites is 1. The van der Waals surface area contributed by atoms with Crippen LogP contribution in [0.5, 0.6) is 5.75 Å². The fourth-order valence-corrected chi connectivity index (χ4v) is 6.38. The van der Waals surface area contributed by atoms with Crippen LogP contribution in [0.3, 0.4) is 0 Å². The molecule has 2 fully saturated rings. The van der Waals surface area contributed by atoms with Crippen LogP contribution in [0.2, 0.25) is 5.02 Å². The first-order valence-electron chi connectivity index (χ1n) is 13.6. The number of benzene rings is 1. The molecule has 41 heavy (non-hydrogen) atoms. The molecule has 1 aromatic carbocycles. The van der Waals surface area contributed by atoms with Gasteiger partial charge in [-0.25, -0.2) is 18.7 Å². The molecule has 3 aliphatic rings. The summed E-state index contributed by atoms with van der Waals surface area (Å²) in [4.78, 5) is 43.0. The number of halogens is 3. The molecule has 2 amide bonds. The van der Waals surface area contributed by atoms with E-state index in [1.807, 2.05) is 34.1 Å². The summed E-state index contributed by atoms with van der Waals surface area (Å²) in [5, 5.41) is 3.01. The van der Waals surface area contributed by atoms with E-state index in [9.17, 15) is 18.4 Å². The van der Waals surface area contributed by atoms with Gasteiger partial charge in [0.2, 0.25) is 11.9 Å². The van der Waals surface area contributed by atoms with E-state index in [4.69, 9.17) is 16.3 Å². The predicted octanol–water partition coefficient (Wildman–Crippen LogP) is 4.56. The molecule has 4 heterocycles. The normalized spacial score (nSPS) is 21.1. The molecule has 214 valence electrons. The third-order valence-electron chi connectivity index (χ3n) is 8.38. The van der Waals surface area contributed by atoms with Gasteiger partial charge in [-0.3, -0.25) is 14.6 Å². The third kappa shape index (κ3) is 4.96. The highest BCUT2D eigenvalue weighted by Gasteiger charge is 2.58. The van der Waals surface area contributed by atoms with Crippen molar-refractivity contribution in [3.8, 4) is 5.75 Å². The molecular formula is C29H29ClF2N6O3. The molecule has 0 radical (unpaired) electrons. The summed E-state index contributed by atoms with van der Waals surface area (Å²) in [6, 6.07) is 9.02. The standard InChI is InChI=1S/C29H29ClF2N6O3/c1-41-20-12-34-28(35-13-20)37-15-29(16-37)22-4-2-3-5-23(22)38(27(29)40)14-17-6-8-19(9-7-17)36-26(39)21-10-18(30)11-33-24(21)25(31)32/h2-5,10-13,17,19,25H,6-9,14-16H2,1H3,(H,36,39)/t17-,19-. The molecule has 12 heteroatoms. The molecule has 1 N–H and O–H groups in total. The number of hydrogen-bond donors (Lipinski definition) is 1. The number of ether oxygens (including phenoxy) is 1. The molecular weight excluding hydrogens is 554 g/mol. The lowest BCUT2D eigenvalue weighted by Gasteiger charge is -2.46. The number of nitrogens with one attached hydrogen (secondary N) is 1. The van der Waals surface area contributed by atoms with Crippen LogP contribution in [0.25, 0.3) is 0 Å². The minimum atomic E-state index is -2.88. The predicted molar refractivity (Wildman–Crippen MR) is 149 cm³/mol. The fourth-order valence-electron chi connectivity index (χ4n) is 6.22. The average molecular weight is 583 g/mol. The molecule has 0 bridgehead atoms. The van der Waals surface area contributed by atoms with Gasteiger partial charge >= 0.3 is 0 Å². The highest BCUT2D eigenvalue weighted by atomic mass is 35.5. The average Bonchev–Trinajstić information content (AvgIpc) is 3.20. The van der Waals surface area contributed by atoms with Crippen molar-refractivity contribution in [1.82, 2.24) is 20.3 Å². The number of alkyl halides is 2. The number of nitrogens with zero attached hydrogens (tertiary/aromatic N) is 5. The van der Waals surface area contributed by atoms with E-state index in [0.717, 1.165) is 30.3 Å². The zero-order chi connectivity index (χ0) is 28.7. The Kier molecular flexibility index (Phi) is 7.23. The second-order valence-corrected chi connectivity index (χ2v) is 11.3. The quantitative estimate of drug-likeness (QED) is 0.436. The molecule has 9 nitrogen and oxygen atoms in total. The molecule has 2 aliphatic heterocycles. The minimum Gasteiger partial charge on any atom is -0.494 e. The Hall–Kier alpha value is -3.86. The number of fused-ring (bicyclic) bond motifs is 2. The van der Waals surface area contributed by atoms with Crippen LogP contribution in [-0.2, 0) is 10.2 Å². The summed E-state index contributed by atoms with van der Waals surface area (Å²) in [6.07, 6.45) is 4.44. The molecule has 0 unspecified atom stereocenters. The van der Waals surface area contributed by atoms with Crippen LogP contribution in [0.4, 0.5) is 20.4 Å². The van der Waals surface area contributed by atoms with Crippen molar-refractivity contribution in [2.75, 3.05) is 36.5 Å². The Morgan fingerprint density at radius 2 is 1.83 bits per heavy atom. The lowest BCUT2D eigenvalue weighted by atomic mass is 9.74. The Balaban J connectivity index is 1.09. The Labute approximate surface area is 240 Å². The van der Waals surface area contributed by atoms with Crippen LogP contribution >= 0.6 is 11.6 Å². The summed E-state index contributed by atoms with van der Waals surface area (Å²) in [7, 11) is 1.56. The van der Waals surface area contributed by atoms with Crippen molar-refractivity contribution in [2.45, 2.75) is 43.6 Å². The van der Waals surface area contributed by atoms with Crippen LogP contribution in [0.15, 0.2) is 48.9 Å². The van der Waals surface area contributed by atoms with E-state index in [1.54, 1.807) is 19.5 Å². The maximum absolute atomic E-state index is 13.9. The van der Waals surface area contributed by atoms with Gasteiger partial charge in [0.25, 0.3) is 12.3 Å². The first-order chi connectivity index (χ1) is 19.8. The molecule has 1 aliphatic carbocycles. The number of methoxy groups -OCH3 is 1. The second kappa shape index (κ2) is 10.8. The zero-order valence-electron chi connectivity index (χ0n) is 22.4. The number of carbonyl (C=O) groups is 2. The van der Waals surface area contributed by atoms with Gasteiger partial charge in [0, 0.05) is 37.6 Å². The summed E-state index contributed by atoms with van der Waals surface area (Å²) >= 11 is 5.91. The Morgan fingerprint density at radius 1 is 1.12 bits per heavy atom. The molecule has 0 atom stereocenters. The molecule has 6 rings (SSSR count). The second-order valence-electron chi connectivity index (χ2n) is 10.9. The summed E-state index contributed by atoms with van der Waals surface area (Å²) in [5.41, 5.74) is 0.567. The van der Waals surface area contributed by atoms with Crippen molar-refractivity contribution in [3.05, 3.63) is 70.8 Å². The van der Waals surface area contributed by atoms with Crippen molar-refractivity contribution in [2.24, 2.45) is 5.92 Å². The summed E-state index contributed by atoms with van der Waals surface area (Å²) in [5.74, 6) is 0.883. The first-order valence-corrected chi connectivity index (χ1v) is 13.9. The molecule has 1 spiro atoms. The lowest BCUT2D eigenvalue weighted by Crippen LogP contribution is -2.64. The minimum absolute atomic E-state index is 0.0897. The van der Waals surface area contributed by atoms with Gasteiger partial charge in [0.1, 0.15) is 11.1 Å². The number of amides is 2. The summed E-state index contributed by atoms with van der Waals surface area (Å²) < 4.78 is 31.9. The third-order valence-corrected chi connectivity index (χ3v) is 8.59. The number of carbonyl (C=O) groups excluding carboxylic acids is 2. The number of anilines is 2. The fraction of sp³-hybridized carbons (Fsp3) is 0.414. The van der Waals surface area contributed by atoms with Crippen LogP contribution in [0.1, 0.15) is 53.7 Å². The molecule has 1 saturated heterocycles. The van der Waals surface area contributed by atoms with E-state index >= 15 is 0 Å². The van der Waals surface area contributed by atoms with E-state index < -0.39 is 23.4 Å². The van der Waals surface area contributed by atoms with Crippen LogP contribution < -0.4 is 19.9 Å². The largest absolute Gasteiger partial charge is 0.494 e. The highest BCUT2D eigenvalue weighted by Crippen LogP contribution is 2.48. The number of hydrogen-bond acceptors (Lipinski definition) is 7. The van der Waals surface area contributed by atoms with Crippen molar-refractivity contribution >= 4 is 35.1 Å². The molecule has 3 aromatic rings. The van der Waals surface area contributed by atoms with Gasteiger partial charge in [-0.1, -0.05) is 29.8 Å². The smallest absolute Gasteiger partial charge is 0.281 e. The van der Waals surface area contributed by atoms with E-state index in [2.05, 4.69) is 20.3 Å². The van der Waals surface area contributed by atoms with Gasteiger partial charge in [-0.2, -0.15) is 0 Å². The zero-order valence-corrected chi connectivity index (χ0v) is 23.2. The van der Waals surface area contributed by atoms with E-state index in [1.165, 1.54) is 6.07 Å². The Bertz CT molecular complexity index is 1460. The highest BCUT2D eigenvalue weighted by molar-refractivity contribution is 6.30. The SMILES string of the molecule is COc1cnc(N2CC3(C2)C(=O)N(C[C@H]2CC[C@H](NC(=O)c4cc(Cl)cnc4C(F)F)CC2)c2ccccc23)nc1. The van der Waals surface area contributed by atoms with Gasteiger partial charge in [-0.05, 0) is 49.3 Å². The lowest BCUT2D eigenvalue weighted by molar-refractivity contribution is -0.124. The number of aromatic nitrogens is 3. The van der Waals surface area contributed by atoms with Gasteiger partial charge in [0.05, 0.1) is 30.1 Å². The first kappa shape index (κ1) is 27.3. The van der Waals surface area contributed by atoms with Gasteiger partial charge in [0.15, 0.2) is 5.75 Å². The number of pyridine rings is 1. The monoisotopic (exact) mass is 582 g/mol.